The van der Waals surface area contributed by atoms with Crippen molar-refractivity contribution in [2.24, 2.45) is 0 Å². The van der Waals surface area contributed by atoms with Crippen LogP contribution >= 0.6 is 11.6 Å². The first-order chi connectivity index (χ1) is 23.5. The number of nitrogens with zero attached hydrogens (tertiary/aromatic N) is 4. The summed E-state index contributed by atoms with van der Waals surface area (Å²) >= 11 is 6.86. The Morgan fingerprint density at radius 1 is 0.958 bits per heavy atom. The largest absolute Gasteiger partial charge is 0.488 e. The summed E-state index contributed by atoms with van der Waals surface area (Å²) in [6, 6.07) is 20.4. The lowest BCUT2D eigenvalue weighted by Crippen LogP contribution is -2.29. The van der Waals surface area contributed by atoms with Crippen molar-refractivity contribution in [3.8, 4) is 28.7 Å². The van der Waals surface area contributed by atoms with Crippen LogP contribution in [0.25, 0.3) is 22.2 Å². The molecule has 0 spiro atoms. The highest BCUT2D eigenvalue weighted by Gasteiger charge is 2.21. The molecule has 7 rings (SSSR count). The molecule has 0 bridgehead atoms. The average molecular weight is 662 g/mol. The van der Waals surface area contributed by atoms with E-state index < -0.39 is 0 Å². The first kappa shape index (κ1) is 32.1. The summed E-state index contributed by atoms with van der Waals surface area (Å²) < 4.78 is 18.9. The highest BCUT2D eigenvalue weighted by Crippen LogP contribution is 2.36. The van der Waals surface area contributed by atoms with Crippen LogP contribution in [0.2, 0.25) is 5.02 Å². The van der Waals surface area contributed by atoms with Gasteiger partial charge in [-0.3, -0.25) is 9.88 Å². The van der Waals surface area contributed by atoms with Gasteiger partial charge in [-0.1, -0.05) is 42.3 Å². The zero-order chi connectivity index (χ0) is 32.9. The second-order valence-corrected chi connectivity index (χ2v) is 13.3. The maximum atomic E-state index is 9.31. The van der Waals surface area contributed by atoms with Gasteiger partial charge in [0.25, 0.3) is 0 Å². The highest BCUT2D eigenvalue weighted by atomic mass is 35.5. The van der Waals surface area contributed by atoms with Crippen LogP contribution in [0.4, 0.5) is 0 Å². The third-order valence-electron chi connectivity index (χ3n) is 9.51. The summed E-state index contributed by atoms with van der Waals surface area (Å²) in [5.74, 6) is 2.50. The highest BCUT2D eigenvalue weighted by molar-refractivity contribution is 6.32. The molecular formula is C39H40ClN5O3. The number of likely N-dealkylation sites (tertiary alicyclic amines) is 1. The Bertz CT molecular complexity index is 1940. The summed E-state index contributed by atoms with van der Waals surface area (Å²) in [4.78, 5) is 11.5. The van der Waals surface area contributed by atoms with Crippen LogP contribution < -0.4 is 14.8 Å². The van der Waals surface area contributed by atoms with Crippen molar-refractivity contribution < 1.29 is 13.9 Å². The summed E-state index contributed by atoms with van der Waals surface area (Å²) in [5.41, 5.74) is 8.50. The Morgan fingerprint density at radius 2 is 1.79 bits per heavy atom. The van der Waals surface area contributed by atoms with Crippen molar-refractivity contribution in [3.63, 3.8) is 0 Å². The van der Waals surface area contributed by atoms with E-state index in [2.05, 4.69) is 58.5 Å². The fourth-order valence-corrected chi connectivity index (χ4v) is 7.00. The Morgan fingerprint density at radius 3 is 2.62 bits per heavy atom. The molecule has 2 aliphatic rings. The first-order valence-corrected chi connectivity index (χ1v) is 17.3. The number of hydrogen-bond donors (Lipinski definition) is 1. The zero-order valence-corrected chi connectivity index (χ0v) is 28.1. The summed E-state index contributed by atoms with van der Waals surface area (Å²) in [7, 11) is 0. The first-order valence-electron chi connectivity index (χ1n) is 16.9. The van der Waals surface area contributed by atoms with Crippen molar-refractivity contribution in [1.29, 1.82) is 5.26 Å². The fraction of sp³-hybridized carbons (Fsp3) is 0.359. The summed E-state index contributed by atoms with van der Waals surface area (Å²) in [6.07, 6.45) is 9.03. The molecule has 0 radical (unpaired) electrons. The molecule has 0 saturated carbocycles. The minimum Gasteiger partial charge on any atom is -0.488 e. The third-order valence-corrected chi connectivity index (χ3v) is 9.80. The number of ether oxygens (including phenoxy) is 2. The standard InChI is InChI=1S/C39H40ClN5O3/c1-26-31(6-5-7-33(26)30-8-9-36-35(18-30)44-39(48-36)29-10-12-42-13-11-29)25-47-38-19-37(46-24-28-16-27(20-41)21-43-22-28)32(17-34(38)40)23-45-14-3-2-4-15-45/h5-9,16-19,21-22,29,42H,2-4,10-15,23-25H2,1H3. The van der Waals surface area contributed by atoms with Gasteiger partial charge in [-0.05, 0) is 105 Å². The molecule has 4 heterocycles. The van der Waals surface area contributed by atoms with Crippen molar-refractivity contribution in [3.05, 3.63) is 106 Å². The van der Waals surface area contributed by atoms with Gasteiger partial charge >= 0.3 is 0 Å². The molecule has 2 saturated heterocycles. The third kappa shape index (κ3) is 7.34. The van der Waals surface area contributed by atoms with E-state index in [1.807, 2.05) is 18.2 Å². The molecule has 48 heavy (non-hydrogen) atoms. The SMILES string of the molecule is Cc1c(COc2cc(OCc3cncc(C#N)c3)c(CN3CCCCC3)cc2Cl)cccc1-c1ccc2oc(C3CCNCC3)nc2c1. The average Bonchev–Trinajstić information content (AvgIpc) is 3.56. The molecule has 0 aliphatic carbocycles. The minimum absolute atomic E-state index is 0.285. The van der Waals surface area contributed by atoms with Crippen LogP contribution in [0.1, 0.15) is 71.7 Å². The van der Waals surface area contributed by atoms with E-state index in [0.29, 0.717) is 28.9 Å². The maximum absolute atomic E-state index is 9.31. The number of piperidine rings is 2. The van der Waals surface area contributed by atoms with E-state index >= 15 is 0 Å². The van der Waals surface area contributed by atoms with E-state index in [4.69, 9.17) is 30.5 Å². The Balaban J connectivity index is 1.11. The van der Waals surface area contributed by atoms with Crippen molar-refractivity contribution in [2.75, 3.05) is 26.2 Å². The van der Waals surface area contributed by atoms with Crippen molar-refractivity contribution in [2.45, 2.75) is 64.7 Å². The predicted molar refractivity (Wildman–Crippen MR) is 187 cm³/mol. The number of hydrogen-bond acceptors (Lipinski definition) is 8. The van der Waals surface area contributed by atoms with Crippen molar-refractivity contribution >= 4 is 22.7 Å². The molecule has 2 fully saturated rings. The number of oxazole rings is 1. The van der Waals surface area contributed by atoms with Gasteiger partial charge in [0, 0.05) is 42.0 Å². The number of aromatic nitrogens is 2. The Hall–Kier alpha value is -4.42. The number of halogens is 1. The lowest BCUT2D eigenvalue weighted by atomic mass is 9.96. The summed E-state index contributed by atoms with van der Waals surface area (Å²) in [6.45, 7) is 7.63. The van der Waals surface area contributed by atoms with Crippen LogP contribution in [-0.2, 0) is 19.8 Å². The number of pyridine rings is 1. The molecule has 0 unspecified atom stereocenters. The van der Waals surface area contributed by atoms with Gasteiger partial charge in [-0.15, -0.1) is 0 Å². The number of nitriles is 1. The number of rotatable bonds is 10. The van der Waals surface area contributed by atoms with Crippen LogP contribution in [0.5, 0.6) is 11.5 Å². The number of fused-ring (bicyclic) bond motifs is 1. The second-order valence-electron chi connectivity index (χ2n) is 12.8. The molecule has 2 aromatic heterocycles. The van der Waals surface area contributed by atoms with Crippen LogP contribution in [-0.4, -0.2) is 41.0 Å². The van der Waals surface area contributed by atoms with E-state index in [-0.39, 0.29) is 6.61 Å². The Kier molecular flexibility index (Phi) is 9.90. The van der Waals surface area contributed by atoms with Gasteiger partial charge in [0.2, 0.25) is 0 Å². The zero-order valence-electron chi connectivity index (χ0n) is 27.3. The van der Waals surface area contributed by atoms with Gasteiger partial charge in [0.05, 0.1) is 10.6 Å². The maximum Gasteiger partial charge on any atom is 0.198 e. The Labute approximate surface area is 286 Å². The predicted octanol–water partition coefficient (Wildman–Crippen LogP) is 8.33. The van der Waals surface area contributed by atoms with Crippen LogP contribution in [0, 0.1) is 18.3 Å². The number of benzene rings is 3. The molecule has 3 aromatic carbocycles. The van der Waals surface area contributed by atoms with Gasteiger partial charge in [0.15, 0.2) is 11.5 Å². The van der Waals surface area contributed by atoms with Gasteiger partial charge in [0.1, 0.15) is 36.3 Å². The molecule has 2 aliphatic heterocycles. The smallest absolute Gasteiger partial charge is 0.198 e. The normalized spacial score (nSPS) is 15.8. The molecule has 9 heteroatoms. The molecule has 5 aromatic rings. The quantitative estimate of drug-likeness (QED) is 0.160. The van der Waals surface area contributed by atoms with Gasteiger partial charge in [-0.2, -0.15) is 5.26 Å². The number of nitrogens with one attached hydrogen (secondary N) is 1. The van der Waals surface area contributed by atoms with Gasteiger partial charge < -0.3 is 19.2 Å². The van der Waals surface area contributed by atoms with E-state index in [9.17, 15) is 5.26 Å². The fourth-order valence-electron chi connectivity index (χ4n) is 6.76. The molecular weight excluding hydrogens is 622 g/mol. The van der Waals surface area contributed by atoms with Crippen LogP contribution in [0.15, 0.2) is 71.4 Å². The lowest BCUT2D eigenvalue weighted by molar-refractivity contribution is 0.214. The summed E-state index contributed by atoms with van der Waals surface area (Å²) in [5, 5.41) is 13.3. The molecule has 0 amide bonds. The molecule has 8 nitrogen and oxygen atoms in total. The van der Waals surface area contributed by atoms with E-state index in [1.165, 1.54) is 19.3 Å². The second kappa shape index (κ2) is 14.8. The van der Waals surface area contributed by atoms with Crippen molar-refractivity contribution in [1.82, 2.24) is 20.2 Å². The van der Waals surface area contributed by atoms with E-state index in [1.54, 1.807) is 18.5 Å². The monoisotopic (exact) mass is 661 g/mol. The molecule has 0 atom stereocenters. The van der Waals surface area contributed by atoms with Crippen LogP contribution in [0.3, 0.4) is 0 Å². The lowest BCUT2D eigenvalue weighted by Gasteiger charge is -2.27. The molecule has 1 N–H and O–H groups in total. The van der Waals surface area contributed by atoms with E-state index in [0.717, 1.165) is 102 Å². The molecule has 246 valence electrons. The van der Waals surface area contributed by atoms with Gasteiger partial charge in [-0.25, -0.2) is 4.98 Å². The topological polar surface area (TPSA) is 96.4 Å². The minimum atomic E-state index is 0.285.